The van der Waals surface area contributed by atoms with E-state index in [0.29, 0.717) is 24.3 Å². The van der Waals surface area contributed by atoms with Crippen LogP contribution in [-0.4, -0.2) is 79.1 Å². The van der Waals surface area contributed by atoms with Crippen molar-refractivity contribution in [2.24, 2.45) is 0 Å². The van der Waals surface area contributed by atoms with E-state index < -0.39 is 65.4 Å². The number of hydrogen-bond acceptors (Lipinski definition) is 7. The molecule has 0 saturated heterocycles. The number of hydrogen-bond donors (Lipinski definition) is 2. The van der Waals surface area contributed by atoms with Gasteiger partial charge in [0.15, 0.2) is 0 Å². The molecule has 3 aromatic rings. The summed E-state index contributed by atoms with van der Waals surface area (Å²) in [5.41, 5.74) is 2.26. The van der Waals surface area contributed by atoms with Crippen LogP contribution in [0, 0.1) is 0 Å². The number of anilines is 1. The molecule has 1 radical (unpaired) electrons. The van der Waals surface area contributed by atoms with Crippen molar-refractivity contribution in [2.45, 2.75) is 52.4 Å². The summed E-state index contributed by atoms with van der Waals surface area (Å²) in [4.78, 5) is 56.7. The molecule has 46 heavy (non-hydrogen) atoms. The summed E-state index contributed by atoms with van der Waals surface area (Å²) >= 11 is -1.47. The fourth-order valence-electron chi connectivity index (χ4n) is 5.03. The van der Waals surface area contributed by atoms with Gasteiger partial charge in [-0.2, -0.15) is 0 Å². The molecule has 0 aliphatic carbocycles. The van der Waals surface area contributed by atoms with Gasteiger partial charge in [-0.3, -0.25) is 0 Å². The number of pyridine rings is 1. The van der Waals surface area contributed by atoms with Gasteiger partial charge in [0.1, 0.15) is 0 Å². The van der Waals surface area contributed by atoms with Crippen molar-refractivity contribution in [1.82, 2.24) is 15.2 Å². The predicted octanol–water partition coefficient (Wildman–Crippen LogP) is 5.06. The predicted molar refractivity (Wildman–Crippen MR) is 166 cm³/mol. The molecule has 2 heterocycles. The van der Waals surface area contributed by atoms with Gasteiger partial charge in [0.05, 0.1) is 0 Å². The van der Waals surface area contributed by atoms with Crippen molar-refractivity contribution in [3.63, 3.8) is 0 Å². The average Bonchev–Trinajstić information content (AvgIpc) is 3.58. The summed E-state index contributed by atoms with van der Waals surface area (Å²) in [7, 11) is 0. The minimum absolute atomic E-state index is 0.134. The van der Waals surface area contributed by atoms with Crippen LogP contribution in [0.4, 0.5) is 19.0 Å². The molecule has 239 valence electrons. The first-order valence-corrected chi connectivity index (χ1v) is 19.0. The molecule has 2 amide bonds. The standard InChI is InChI=1S/C33H33F3N4O5.In/c1-3-4-21-40(31(43)23(2)39-29(41)14-10-20-38-28-13-8-9-19-37-28)27(22-30(42)45-32(44)33(34,35)36)26-17-15-25(16-18-26)24-11-6-5-7-12-24;/h3-9,11-13,15-19,21,23,27H,1,10,14,20,22H2,2H3,(H,37,38)(H,39,41);/t23-,27?;/m0./s1. The van der Waals surface area contributed by atoms with Crippen molar-refractivity contribution in [3.8, 4) is 11.1 Å². The number of carbonyl (C=O) groups is 4. The third-order valence-corrected chi connectivity index (χ3v) is 11.7. The molecular formula is C33H33F3InN4O5. The van der Waals surface area contributed by atoms with Crippen molar-refractivity contribution in [1.29, 1.82) is 0 Å². The van der Waals surface area contributed by atoms with E-state index in [9.17, 15) is 32.3 Å². The topological polar surface area (TPSA) is 118 Å². The maximum absolute atomic E-state index is 14.0. The Morgan fingerprint density at radius 3 is 2.33 bits per heavy atom. The van der Waals surface area contributed by atoms with Gasteiger partial charge in [-0.05, 0) is 6.07 Å². The second-order valence-electron chi connectivity index (χ2n) is 10.6. The second-order valence-corrected chi connectivity index (χ2v) is 15.3. The van der Waals surface area contributed by atoms with E-state index in [2.05, 4.69) is 20.4 Å². The normalized spacial score (nSPS) is 15.3. The number of alkyl halides is 3. The number of allylic oxidation sites excluding steroid dienone is 1. The van der Waals surface area contributed by atoms with Crippen LogP contribution in [0.2, 0.25) is 4.18 Å². The SMILES string of the molecule is C[C@H](NC(=O)CCCNc1ccccn1)C(=O)N(C(CC(=O)OC(=O)C(F)(F)F)c1ccc(-c2ccccc2)cc1)[C@@H]1C=C[CH2][In]1. The number of halogens is 3. The first kappa shape index (κ1) is 34.7. The molecule has 13 heteroatoms. The Morgan fingerprint density at radius 2 is 1.70 bits per heavy atom. The van der Waals surface area contributed by atoms with Crippen molar-refractivity contribution < 1.29 is 37.1 Å². The number of carbonyl (C=O) groups excluding carboxylic acids is 4. The fraction of sp³-hybridized carbons (Fsp3) is 0.303. The number of benzene rings is 2. The molecule has 0 bridgehead atoms. The second kappa shape index (κ2) is 16.4. The number of amides is 2. The molecule has 2 N–H and O–H groups in total. The van der Waals surface area contributed by atoms with Gasteiger partial charge in [0, 0.05) is 6.20 Å². The number of nitrogens with zero attached hydrogens (tertiary/aromatic N) is 2. The summed E-state index contributed by atoms with van der Waals surface area (Å²) in [6.07, 6.45) is 0.0344. The van der Waals surface area contributed by atoms with Crippen LogP contribution >= 0.6 is 0 Å². The minimum atomic E-state index is -5.35. The van der Waals surface area contributed by atoms with Gasteiger partial charge in [0.2, 0.25) is 0 Å². The molecule has 3 atom stereocenters. The summed E-state index contributed by atoms with van der Waals surface area (Å²) in [6, 6.07) is 19.9. The zero-order valence-electron chi connectivity index (χ0n) is 25.1. The number of nitrogens with one attached hydrogen (secondary N) is 2. The number of rotatable bonds is 13. The molecule has 2 aromatic carbocycles. The Bertz CT molecular complexity index is 1520. The Labute approximate surface area is 276 Å². The Morgan fingerprint density at radius 1 is 1.00 bits per heavy atom. The molecule has 1 unspecified atom stereocenters. The van der Waals surface area contributed by atoms with Crippen LogP contribution in [-0.2, 0) is 23.9 Å². The number of ether oxygens (including phenoxy) is 1. The third-order valence-electron chi connectivity index (χ3n) is 7.26. The van der Waals surface area contributed by atoms with E-state index >= 15 is 0 Å². The quantitative estimate of drug-likeness (QED) is 0.109. The van der Waals surface area contributed by atoms with Crippen molar-refractivity contribution in [2.75, 3.05) is 11.9 Å². The molecule has 1 aliphatic rings. The molecule has 0 spiro atoms. The number of aromatic nitrogens is 1. The van der Waals surface area contributed by atoms with Crippen LogP contribution in [0.15, 0.2) is 91.1 Å². The molecule has 4 rings (SSSR count). The Balaban J connectivity index is 1.53. The van der Waals surface area contributed by atoms with Crippen LogP contribution in [0.5, 0.6) is 0 Å². The van der Waals surface area contributed by atoms with Crippen LogP contribution < -0.4 is 10.6 Å². The Kier molecular flexibility index (Phi) is 12.4. The van der Waals surface area contributed by atoms with Gasteiger partial charge in [-0.25, -0.2) is 0 Å². The van der Waals surface area contributed by atoms with E-state index in [1.54, 1.807) is 42.6 Å². The zero-order valence-corrected chi connectivity index (χ0v) is 28.4. The van der Waals surface area contributed by atoms with Gasteiger partial charge in [-0.15, -0.1) is 0 Å². The first-order valence-electron chi connectivity index (χ1n) is 14.8. The van der Waals surface area contributed by atoms with E-state index in [1.807, 2.05) is 48.6 Å². The van der Waals surface area contributed by atoms with E-state index in [4.69, 9.17) is 0 Å². The fourth-order valence-corrected chi connectivity index (χ4v) is 9.28. The molecule has 0 saturated carbocycles. The van der Waals surface area contributed by atoms with Crippen LogP contribution in [0.3, 0.4) is 0 Å². The summed E-state index contributed by atoms with van der Waals surface area (Å²) in [5.74, 6) is -4.20. The van der Waals surface area contributed by atoms with Gasteiger partial charge >= 0.3 is 259 Å². The van der Waals surface area contributed by atoms with Crippen molar-refractivity contribution in [3.05, 3.63) is 96.7 Å². The van der Waals surface area contributed by atoms with E-state index in [0.717, 1.165) is 15.3 Å². The van der Waals surface area contributed by atoms with Gasteiger partial charge in [-0.1, -0.05) is 6.07 Å². The molecule has 0 fully saturated rings. The number of esters is 2. The molecule has 9 nitrogen and oxygen atoms in total. The molecule has 1 aliphatic heterocycles. The van der Waals surface area contributed by atoms with E-state index in [-0.39, 0.29) is 16.1 Å². The zero-order chi connectivity index (χ0) is 33.1. The van der Waals surface area contributed by atoms with Crippen LogP contribution in [0.25, 0.3) is 11.1 Å². The first-order chi connectivity index (χ1) is 22.0. The molecular weight excluding hydrogens is 704 g/mol. The molecule has 1 aromatic heterocycles. The summed E-state index contributed by atoms with van der Waals surface area (Å²) in [6.45, 7) is 2.02. The average molecular weight is 737 g/mol. The third kappa shape index (κ3) is 9.93. The Hall–Kier alpha value is -4.13. The van der Waals surface area contributed by atoms with Gasteiger partial charge in [0.25, 0.3) is 0 Å². The van der Waals surface area contributed by atoms with E-state index in [1.165, 1.54) is 11.8 Å². The van der Waals surface area contributed by atoms with Crippen molar-refractivity contribution >= 4 is 52.5 Å². The summed E-state index contributed by atoms with van der Waals surface area (Å²) in [5, 5.41) is 5.84. The summed E-state index contributed by atoms with van der Waals surface area (Å²) < 4.78 is 43.3. The van der Waals surface area contributed by atoms with Crippen LogP contribution in [0.1, 0.15) is 37.8 Å². The van der Waals surface area contributed by atoms with Gasteiger partial charge < -0.3 is 0 Å². The monoisotopic (exact) mass is 737 g/mol. The maximum atomic E-state index is 14.0.